The van der Waals surface area contributed by atoms with Crippen molar-refractivity contribution in [2.75, 3.05) is 18.0 Å². The van der Waals surface area contributed by atoms with Crippen molar-refractivity contribution in [2.24, 2.45) is 0 Å². The van der Waals surface area contributed by atoms with Crippen molar-refractivity contribution < 1.29 is 4.52 Å². The van der Waals surface area contributed by atoms with Crippen LogP contribution in [0.15, 0.2) is 33.9 Å². The Balaban J connectivity index is 1.83. The predicted molar refractivity (Wildman–Crippen MR) is 108 cm³/mol. The molecule has 2 heterocycles. The van der Waals surface area contributed by atoms with Gasteiger partial charge in [-0.25, -0.2) is 0 Å². The molecule has 0 saturated heterocycles. The Morgan fingerprint density at radius 2 is 1.81 bits per heavy atom. The van der Waals surface area contributed by atoms with Crippen molar-refractivity contribution in [1.29, 1.82) is 0 Å². The fourth-order valence-electron chi connectivity index (χ4n) is 2.97. The molecule has 0 fully saturated rings. The molecule has 8 heteroatoms. The van der Waals surface area contributed by atoms with Crippen LogP contribution in [0, 0.1) is 6.92 Å². The molecule has 2 aromatic heterocycles. The van der Waals surface area contributed by atoms with E-state index < -0.39 is 0 Å². The van der Waals surface area contributed by atoms with E-state index in [4.69, 9.17) is 4.52 Å². The van der Waals surface area contributed by atoms with E-state index in [0.717, 1.165) is 36.2 Å². The Bertz CT molecular complexity index is 869. The van der Waals surface area contributed by atoms with Crippen LogP contribution in [0.5, 0.6) is 0 Å². The minimum Gasteiger partial charge on any atom is -0.372 e. The van der Waals surface area contributed by atoms with Gasteiger partial charge in [-0.3, -0.25) is 0 Å². The van der Waals surface area contributed by atoms with Crippen LogP contribution in [0.2, 0.25) is 0 Å². The van der Waals surface area contributed by atoms with Gasteiger partial charge in [-0.2, -0.15) is 4.98 Å². The van der Waals surface area contributed by atoms with Crippen LogP contribution in [-0.4, -0.2) is 38.0 Å². The number of thioether (sulfide) groups is 1. The third-order valence-electron chi connectivity index (χ3n) is 4.46. The van der Waals surface area contributed by atoms with Crippen molar-refractivity contribution in [1.82, 2.24) is 24.9 Å². The van der Waals surface area contributed by atoms with Crippen molar-refractivity contribution in [3.8, 4) is 11.4 Å². The zero-order valence-electron chi connectivity index (χ0n) is 16.5. The molecule has 0 radical (unpaired) electrons. The molecular weight excluding hydrogens is 360 g/mol. The largest absolute Gasteiger partial charge is 0.372 e. The first-order chi connectivity index (χ1) is 13.1. The van der Waals surface area contributed by atoms with Crippen LogP contribution in [0.3, 0.4) is 0 Å². The zero-order chi connectivity index (χ0) is 19.4. The Morgan fingerprint density at radius 3 is 2.37 bits per heavy atom. The summed E-state index contributed by atoms with van der Waals surface area (Å²) >= 11 is 1.58. The van der Waals surface area contributed by atoms with E-state index in [1.165, 1.54) is 5.69 Å². The van der Waals surface area contributed by atoms with Crippen molar-refractivity contribution in [3.05, 3.63) is 36.0 Å². The summed E-state index contributed by atoms with van der Waals surface area (Å²) in [5, 5.41) is 13.6. The normalized spacial score (nSPS) is 12.3. The molecule has 0 aliphatic heterocycles. The second kappa shape index (κ2) is 8.56. The van der Waals surface area contributed by atoms with Crippen molar-refractivity contribution in [2.45, 2.75) is 51.6 Å². The fraction of sp³-hybridized carbons (Fsp3) is 0.474. The molecule has 7 nitrogen and oxygen atoms in total. The minimum atomic E-state index is 0.0126. The van der Waals surface area contributed by atoms with Crippen LogP contribution in [0.1, 0.15) is 44.7 Å². The molecule has 27 heavy (non-hydrogen) atoms. The maximum Gasteiger partial charge on any atom is 0.239 e. The van der Waals surface area contributed by atoms with E-state index in [1.54, 1.807) is 11.8 Å². The van der Waals surface area contributed by atoms with E-state index in [2.05, 4.69) is 74.8 Å². The Labute approximate surface area is 164 Å². The van der Waals surface area contributed by atoms with Crippen molar-refractivity contribution in [3.63, 3.8) is 0 Å². The average molecular weight is 387 g/mol. The molecule has 3 aromatic rings. The second-order valence-corrected chi connectivity index (χ2v) is 7.52. The van der Waals surface area contributed by atoms with Gasteiger partial charge in [0.1, 0.15) is 0 Å². The molecule has 0 amide bonds. The smallest absolute Gasteiger partial charge is 0.239 e. The highest BCUT2D eigenvalue weighted by molar-refractivity contribution is 7.99. The molecule has 144 valence electrons. The van der Waals surface area contributed by atoms with E-state index in [-0.39, 0.29) is 5.25 Å². The van der Waals surface area contributed by atoms with E-state index in [0.29, 0.717) is 11.7 Å². The molecule has 0 N–H and O–H groups in total. The number of hydrogen-bond acceptors (Lipinski definition) is 7. The Kier molecular flexibility index (Phi) is 6.15. The lowest BCUT2D eigenvalue weighted by atomic mass is 10.2. The summed E-state index contributed by atoms with van der Waals surface area (Å²) in [5.41, 5.74) is 2.29. The SMILES string of the molecule is CCN(CC)c1ccc(-c2nnc(SC(C)c3nc(C)no3)n2CC)cc1. The minimum absolute atomic E-state index is 0.0126. The van der Waals surface area contributed by atoms with Gasteiger partial charge in [0.2, 0.25) is 5.89 Å². The average Bonchev–Trinajstić information content (AvgIpc) is 3.29. The topological polar surface area (TPSA) is 72.9 Å². The summed E-state index contributed by atoms with van der Waals surface area (Å²) in [6, 6.07) is 8.52. The fourth-order valence-corrected chi connectivity index (χ4v) is 3.91. The van der Waals surface area contributed by atoms with Gasteiger partial charge < -0.3 is 14.0 Å². The summed E-state index contributed by atoms with van der Waals surface area (Å²) < 4.78 is 7.40. The first-order valence-electron chi connectivity index (χ1n) is 9.32. The highest BCUT2D eigenvalue weighted by Gasteiger charge is 2.20. The molecule has 0 aliphatic carbocycles. The van der Waals surface area contributed by atoms with Crippen molar-refractivity contribution >= 4 is 17.4 Å². The van der Waals surface area contributed by atoms with E-state index in [9.17, 15) is 0 Å². The molecule has 0 saturated carbocycles. The summed E-state index contributed by atoms with van der Waals surface area (Å²) in [6.45, 7) is 13.1. The molecule has 3 rings (SSSR count). The standard InChI is InChI=1S/C19H26N6OS/c1-6-24(7-2)16-11-9-15(10-12-16)17-21-22-19(25(17)8-3)27-13(4)18-20-14(5)23-26-18/h9-13H,6-8H2,1-5H3. The number of aryl methyl sites for hydroxylation is 1. The number of nitrogens with zero attached hydrogens (tertiary/aromatic N) is 6. The highest BCUT2D eigenvalue weighted by Crippen LogP contribution is 2.34. The number of hydrogen-bond donors (Lipinski definition) is 0. The van der Waals surface area contributed by atoms with Crippen LogP contribution >= 0.6 is 11.8 Å². The van der Waals surface area contributed by atoms with E-state index in [1.807, 2.05) is 13.8 Å². The maximum atomic E-state index is 5.28. The summed E-state index contributed by atoms with van der Waals surface area (Å²) in [6.07, 6.45) is 0. The number of benzene rings is 1. The summed E-state index contributed by atoms with van der Waals surface area (Å²) in [4.78, 5) is 6.63. The molecule has 0 bridgehead atoms. The van der Waals surface area contributed by atoms with Crippen LogP contribution in [0.25, 0.3) is 11.4 Å². The molecular formula is C19H26N6OS. The lowest BCUT2D eigenvalue weighted by Gasteiger charge is -2.21. The van der Waals surface area contributed by atoms with Gasteiger partial charge in [-0.15, -0.1) is 10.2 Å². The van der Waals surface area contributed by atoms with E-state index >= 15 is 0 Å². The number of rotatable bonds is 8. The van der Waals surface area contributed by atoms with Gasteiger partial charge in [0, 0.05) is 30.9 Å². The summed E-state index contributed by atoms with van der Waals surface area (Å²) in [5.74, 6) is 2.12. The predicted octanol–water partition coefficient (Wildman–Crippen LogP) is 4.36. The molecule has 1 atom stereocenters. The maximum absolute atomic E-state index is 5.28. The monoisotopic (exact) mass is 386 g/mol. The zero-order valence-corrected chi connectivity index (χ0v) is 17.3. The first kappa shape index (κ1) is 19.4. The molecule has 0 spiro atoms. The Morgan fingerprint density at radius 1 is 1.11 bits per heavy atom. The lowest BCUT2D eigenvalue weighted by molar-refractivity contribution is 0.376. The molecule has 1 unspecified atom stereocenters. The molecule has 1 aromatic carbocycles. The first-order valence-corrected chi connectivity index (χ1v) is 10.2. The highest BCUT2D eigenvalue weighted by atomic mass is 32.2. The summed E-state index contributed by atoms with van der Waals surface area (Å²) in [7, 11) is 0. The van der Waals surface area contributed by atoms with Crippen LogP contribution in [0.4, 0.5) is 5.69 Å². The van der Waals surface area contributed by atoms with Gasteiger partial charge in [0.25, 0.3) is 0 Å². The third kappa shape index (κ3) is 4.16. The van der Waals surface area contributed by atoms with Crippen LogP contribution in [-0.2, 0) is 6.54 Å². The van der Waals surface area contributed by atoms with Gasteiger partial charge in [-0.1, -0.05) is 16.9 Å². The molecule has 0 aliphatic rings. The van der Waals surface area contributed by atoms with Crippen LogP contribution < -0.4 is 4.90 Å². The van der Waals surface area contributed by atoms with Gasteiger partial charge in [-0.05, 0) is 58.9 Å². The van der Waals surface area contributed by atoms with Gasteiger partial charge in [0.05, 0.1) is 5.25 Å². The number of aromatic nitrogens is 5. The van der Waals surface area contributed by atoms with Gasteiger partial charge in [0.15, 0.2) is 16.8 Å². The second-order valence-electron chi connectivity index (χ2n) is 6.21. The van der Waals surface area contributed by atoms with Gasteiger partial charge >= 0.3 is 0 Å². The third-order valence-corrected chi connectivity index (χ3v) is 5.53. The lowest BCUT2D eigenvalue weighted by Crippen LogP contribution is -2.21. The Hall–Kier alpha value is -2.35. The number of anilines is 1. The quantitative estimate of drug-likeness (QED) is 0.533.